The lowest BCUT2D eigenvalue weighted by molar-refractivity contribution is 0.0847. The maximum absolute atomic E-state index is 12.0. The summed E-state index contributed by atoms with van der Waals surface area (Å²) in [4.78, 5) is 35.3. The SMILES string of the molecule is CCOC(=O)Nc1ccc(C(=O)NNC(=O)c2ccccc2Cl)cc1. The van der Waals surface area contributed by atoms with Crippen LogP contribution in [0.4, 0.5) is 10.5 Å². The van der Waals surface area contributed by atoms with Gasteiger partial charge >= 0.3 is 6.09 Å². The third kappa shape index (κ3) is 5.22. The number of hydrazine groups is 1. The Morgan fingerprint density at radius 1 is 0.960 bits per heavy atom. The summed E-state index contributed by atoms with van der Waals surface area (Å²) in [5.41, 5.74) is 5.61. The molecule has 2 rings (SSSR count). The van der Waals surface area contributed by atoms with Crippen LogP contribution in [0, 0.1) is 0 Å². The average molecular weight is 362 g/mol. The summed E-state index contributed by atoms with van der Waals surface area (Å²) in [5.74, 6) is -1.04. The number of hydrogen-bond acceptors (Lipinski definition) is 4. The van der Waals surface area contributed by atoms with E-state index in [1.165, 1.54) is 12.1 Å². The first-order valence-electron chi connectivity index (χ1n) is 7.40. The van der Waals surface area contributed by atoms with Gasteiger partial charge in [-0.05, 0) is 43.3 Å². The smallest absolute Gasteiger partial charge is 0.411 e. The molecule has 0 aliphatic carbocycles. The van der Waals surface area contributed by atoms with E-state index >= 15 is 0 Å². The molecule has 0 spiro atoms. The molecule has 0 aromatic heterocycles. The first kappa shape index (κ1) is 18.3. The van der Waals surface area contributed by atoms with Gasteiger partial charge in [-0.15, -0.1) is 0 Å². The molecule has 25 heavy (non-hydrogen) atoms. The second kappa shape index (κ2) is 8.70. The molecule has 0 radical (unpaired) electrons. The molecule has 2 aromatic rings. The normalized spacial score (nSPS) is 9.84. The Bertz CT molecular complexity index is 778. The average Bonchev–Trinajstić information content (AvgIpc) is 2.60. The quantitative estimate of drug-likeness (QED) is 0.729. The highest BCUT2D eigenvalue weighted by molar-refractivity contribution is 6.33. The predicted octanol–water partition coefficient (Wildman–Crippen LogP) is 2.98. The zero-order valence-electron chi connectivity index (χ0n) is 13.3. The molecule has 0 atom stereocenters. The van der Waals surface area contributed by atoms with Crippen molar-refractivity contribution >= 4 is 35.2 Å². The first-order valence-corrected chi connectivity index (χ1v) is 7.78. The van der Waals surface area contributed by atoms with Crippen molar-refractivity contribution in [3.63, 3.8) is 0 Å². The van der Waals surface area contributed by atoms with E-state index in [9.17, 15) is 14.4 Å². The number of anilines is 1. The van der Waals surface area contributed by atoms with Crippen molar-refractivity contribution < 1.29 is 19.1 Å². The van der Waals surface area contributed by atoms with E-state index < -0.39 is 17.9 Å². The molecule has 7 nitrogen and oxygen atoms in total. The second-order valence-corrected chi connectivity index (χ2v) is 5.22. The van der Waals surface area contributed by atoms with E-state index in [2.05, 4.69) is 16.2 Å². The maximum Gasteiger partial charge on any atom is 0.411 e. The van der Waals surface area contributed by atoms with Crippen LogP contribution in [0.1, 0.15) is 27.6 Å². The third-order valence-corrected chi connectivity index (χ3v) is 3.41. The van der Waals surface area contributed by atoms with Gasteiger partial charge in [-0.25, -0.2) is 4.79 Å². The monoisotopic (exact) mass is 361 g/mol. The zero-order valence-corrected chi connectivity index (χ0v) is 14.1. The molecule has 3 N–H and O–H groups in total. The molecular weight excluding hydrogens is 346 g/mol. The van der Waals surface area contributed by atoms with Crippen LogP contribution in [0.3, 0.4) is 0 Å². The number of ether oxygens (including phenoxy) is 1. The third-order valence-electron chi connectivity index (χ3n) is 3.08. The summed E-state index contributed by atoms with van der Waals surface area (Å²) in [6.45, 7) is 1.96. The Hall–Kier alpha value is -3.06. The summed E-state index contributed by atoms with van der Waals surface area (Å²) < 4.78 is 4.75. The first-order chi connectivity index (χ1) is 12.0. The predicted molar refractivity (Wildman–Crippen MR) is 93.5 cm³/mol. The van der Waals surface area contributed by atoms with Crippen molar-refractivity contribution in [2.24, 2.45) is 0 Å². The number of nitrogens with one attached hydrogen (secondary N) is 3. The van der Waals surface area contributed by atoms with E-state index in [1.54, 1.807) is 43.3 Å². The number of carbonyl (C=O) groups excluding carboxylic acids is 3. The van der Waals surface area contributed by atoms with Crippen LogP contribution < -0.4 is 16.2 Å². The van der Waals surface area contributed by atoms with Crippen LogP contribution in [-0.4, -0.2) is 24.5 Å². The van der Waals surface area contributed by atoms with Gasteiger partial charge in [0, 0.05) is 11.3 Å². The number of amides is 3. The van der Waals surface area contributed by atoms with Gasteiger partial charge in [0.05, 0.1) is 17.2 Å². The Morgan fingerprint density at radius 3 is 2.24 bits per heavy atom. The Kier molecular flexibility index (Phi) is 6.36. The van der Waals surface area contributed by atoms with Crippen molar-refractivity contribution in [2.75, 3.05) is 11.9 Å². The Morgan fingerprint density at radius 2 is 1.60 bits per heavy atom. The minimum Gasteiger partial charge on any atom is -0.450 e. The van der Waals surface area contributed by atoms with Crippen molar-refractivity contribution in [1.82, 2.24) is 10.9 Å². The van der Waals surface area contributed by atoms with E-state index in [0.717, 1.165) is 0 Å². The molecule has 130 valence electrons. The van der Waals surface area contributed by atoms with Crippen molar-refractivity contribution in [1.29, 1.82) is 0 Å². The molecule has 0 saturated heterocycles. The molecule has 0 unspecified atom stereocenters. The highest BCUT2D eigenvalue weighted by atomic mass is 35.5. The van der Waals surface area contributed by atoms with Gasteiger partial charge in [0.1, 0.15) is 0 Å². The number of rotatable bonds is 4. The van der Waals surface area contributed by atoms with Gasteiger partial charge in [0.25, 0.3) is 11.8 Å². The minimum atomic E-state index is -0.577. The maximum atomic E-state index is 12.0. The molecule has 8 heteroatoms. The van der Waals surface area contributed by atoms with Crippen molar-refractivity contribution in [3.05, 3.63) is 64.7 Å². The lowest BCUT2D eigenvalue weighted by Gasteiger charge is -2.09. The fourth-order valence-electron chi connectivity index (χ4n) is 1.89. The molecule has 0 fully saturated rings. The summed E-state index contributed by atoms with van der Waals surface area (Å²) >= 11 is 5.91. The zero-order chi connectivity index (χ0) is 18.2. The molecule has 2 aromatic carbocycles. The molecule has 0 heterocycles. The number of benzene rings is 2. The van der Waals surface area contributed by atoms with E-state index in [4.69, 9.17) is 16.3 Å². The van der Waals surface area contributed by atoms with Gasteiger partial charge in [0.2, 0.25) is 0 Å². The topological polar surface area (TPSA) is 96.5 Å². The van der Waals surface area contributed by atoms with Gasteiger partial charge in [-0.1, -0.05) is 23.7 Å². The Balaban J connectivity index is 1.91. The standard InChI is InChI=1S/C17H16ClN3O4/c1-2-25-17(24)19-12-9-7-11(8-10-12)15(22)20-21-16(23)13-5-3-4-6-14(13)18/h3-10H,2H2,1H3,(H,19,24)(H,20,22)(H,21,23). The number of halogens is 1. The molecular formula is C17H16ClN3O4. The molecule has 0 aliphatic heterocycles. The van der Waals surface area contributed by atoms with E-state index in [0.29, 0.717) is 11.3 Å². The van der Waals surface area contributed by atoms with Gasteiger partial charge in [-0.3, -0.25) is 25.8 Å². The summed E-state index contributed by atoms with van der Waals surface area (Å²) in [6, 6.07) is 12.6. The fraction of sp³-hybridized carbons (Fsp3) is 0.118. The van der Waals surface area contributed by atoms with Gasteiger partial charge in [-0.2, -0.15) is 0 Å². The largest absolute Gasteiger partial charge is 0.450 e. The van der Waals surface area contributed by atoms with Crippen molar-refractivity contribution in [2.45, 2.75) is 6.92 Å². The van der Waals surface area contributed by atoms with Crippen LogP contribution in [-0.2, 0) is 4.74 Å². The van der Waals surface area contributed by atoms with Crippen LogP contribution >= 0.6 is 11.6 Å². The number of hydrogen-bond donors (Lipinski definition) is 3. The Labute approximate surface area is 149 Å². The number of carbonyl (C=O) groups is 3. The second-order valence-electron chi connectivity index (χ2n) is 4.81. The molecule has 0 saturated carbocycles. The highest BCUT2D eigenvalue weighted by Crippen LogP contribution is 2.14. The summed E-state index contributed by atoms with van der Waals surface area (Å²) in [6.07, 6.45) is -0.577. The van der Waals surface area contributed by atoms with Crippen LogP contribution in [0.15, 0.2) is 48.5 Å². The fourth-order valence-corrected chi connectivity index (χ4v) is 2.11. The van der Waals surface area contributed by atoms with Crippen LogP contribution in [0.5, 0.6) is 0 Å². The molecule has 0 bridgehead atoms. The van der Waals surface area contributed by atoms with Crippen molar-refractivity contribution in [3.8, 4) is 0 Å². The van der Waals surface area contributed by atoms with Gasteiger partial charge < -0.3 is 4.74 Å². The minimum absolute atomic E-state index is 0.249. The molecule has 0 aliphatic rings. The highest BCUT2D eigenvalue weighted by Gasteiger charge is 2.12. The van der Waals surface area contributed by atoms with E-state index in [1.807, 2.05) is 0 Å². The van der Waals surface area contributed by atoms with E-state index in [-0.39, 0.29) is 17.2 Å². The summed E-state index contributed by atoms with van der Waals surface area (Å²) in [5, 5.41) is 2.79. The lowest BCUT2D eigenvalue weighted by Crippen LogP contribution is -2.41. The summed E-state index contributed by atoms with van der Waals surface area (Å²) in [7, 11) is 0. The van der Waals surface area contributed by atoms with Gasteiger partial charge in [0.15, 0.2) is 0 Å². The molecule has 3 amide bonds. The van der Waals surface area contributed by atoms with Crippen LogP contribution in [0.25, 0.3) is 0 Å². The lowest BCUT2D eigenvalue weighted by atomic mass is 10.2. The van der Waals surface area contributed by atoms with Crippen LogP contribution in [0.2, 0.25) is 5.02 Å².